The van der Waals surface area contributed by atoms with Crippen LogP contribution in [0.2, 0.25) is 0 Å². The zero-order valence-electron chi connectivity index (χ0n) is 14.5. The van der Waals surface area contributed by atoms with Crippen LogP contribution in [0.1, 0.15) is 33.6 Å². The molecule has 0 bridgehead atoms. The molecule has 5 heteroatoms. The zero-order chi connectivity index (χ0) is 16.5. The molecule has 126 valence electrons. The van der Waals surface area contributed by atoms with Crippen molar-refractivity contribution in [2.75, 3.05) is 19.6 Å². The van der Waals surface area contributed by atoms with Gasteiger partial charge in [0.25, 0.3) is 0 Å². The van der Waals surface area contributed by atoms with E-state index in [2.05, 4.69) is 58.1 Å². The molecule has 23 heavy (non-hydrogen) atoms. The average molecular weight is 315 g/mol. The molecule has 1 aromatic carbocycles. The molecule has 1 heterocycles. The van der Waals surface area contributed by atoms with Gasteiger partial charge in [-0.15, -0.1) is 0 Å². The molecular formula is C18H29N5. The Bertz CT molecular complexity index is 615. The molecule has 2 N–H and O–H groups in total. The summed E-state index contributed by atoms with van der Waals surface area (Å²) in [7, 11) is 0. The van der Waals surface area contributed by atoms with Crippen LogP contribution in [0.5, 0.6) is 0 Å². The van der Waals surface area contributed by atoms with Gasteiger partial charge < -0.3 is 15.2 Å². The van der Waals surface area contributed by atoms with Crippen molar-refractivity contribution in [1.82, 2.24) is 20.2 Å². The second-order valence-corrected chi connectivity index (χ2v) is 6.15. The smallest absolute Gasteiger partial charge is 0.191 e. The molecular weight excluding hydrogens is 286 g/mol. The van der Waals surface area contributed by atoms with Gasteiger partial charge in [-0.05, 0) is 37.8 Å². The van der Waals surface area contributed by atoms with Gasteiger partial charge in [-0.3, -0.25) is 4.99 Å². The van der Waals surface area contributed by atoms with Gasteiger partial charge >= 0.3 is 0 Å². The van der Waals surface area contributed by atoms with Gasteiger partial charge in [0.1, 0.15) is 0 Å². The standard InChI is InChI=1S/C18H29N5/c1-4-19-18(21-12-10-15(2)3)20-11-7-13-23-14-22-16-8-5-6-9-17(16)23/h5-6,8-9,14-15H,4,7,10-13H2,1-3H3,(H2,19,20,21). The number of hydrogen-bond donors (Lipinski definition) is 2. The zero-order valence-corrected chi connectivity index (χ0v) is 14.5. The number of aryl methyl sites for hydroxylation is 1. The first kappa shape index (κ1) is 17.3. The summed E-state index contributed by atoms with van der Waals surface area (Å²) in [6, 6.07) is 8.24. The van der Waals surface area contributed by atoms with Gasteiger partial charge in [-0.1, -0.05) is 26.0 Å². The van der Waals surface area contributed by atoms with Crippen molar-refractivity contribution in [1.29, 1.82) is 0 Å². The predicted molar refractivity (Wildman–Crippen MR) is 97.8 cm³/mol. The van der Waals surface area contributed by atoms with Crippen LogP contribution in [0.15, 0.2) is 35.6 Å². The SMILES string of the molecule is CCNC(=NCCCn1cnc2ccccc21)NCCC(C)C. The molecule has 0 unspecified atom stereocenters. The fraction of sp³-hybridized carbons (Fsp3) is 0.556. The number of aromatic nitrogens is 2. The lowest BCUT2D eigenvalue weighted by Gasteiger charge is -2.12. The Kier molecular flexibility index (Phi) is 6.91. The molecule has 0 saturated carbocycles. The topological polar surface area (TPSA) is 54.2 Å². The maximum atomic E-state index is 4.65. The lowest BCUT2D eigenvalue weighted by molar-refractivity contribution is 0.573. The number of benzene rings is 1. The summed E-state index contributed by atoms with van der Waals surface area (Å²) >= 11 is 0. The summed E-state index contributed by atoms with van der Waals surface area (Å²) in [6.45, 7) is 10.2. The molecule has 0 aliphatic heterocycles. The van der Waals surface area contributed by atoms with Gasteiger partial charge in [0.2, 0.25) is 0 Å². The molecule has 0 fully saturated rings. The molecule has 0 aliphatic carbocycles. The average Bonchev–Trinajstić information content (AvgIpc) is 2.94. The van der Waals surface area contributed by atoms with Crippen LogP contribution in [0.25, 0.3) is 11.0 Å². The Morgan fingerprint density at radius 2 is 2.09 bits per heavy atom. The molecule has 0 aliphatic rings. The molecule has 5 nitrogen and oxygen atoms in total. The van der Waals surface area contributed by atoms with Gasteiger partial charge in [0.05, 0.1) is 17.4 Å². The van der Waals surface area contributed by atoms with Crippen molar-refractivity contribution in [3.63, 3.8) is 0 Å². The van der Waals surface area contributed by atoms with Crippen LogP contribution in [-0.4, -0.2) is 35.1 Å². The van der Waals surface area contributed by atoms with E-state index >= 15 is 0 Å². The van der Waals surface area contributed by atoms with E-state index in [4.69, 9.17) is 0 Å². The number of nitrogens with zero attached hydrogens (tertiary/aromatic N) is 3. The maximum absolute atomic E-state index is 4.65. The summed E-state index contributed by atoms with van der Waals surface area (Å²) in [5, 5.41) is 6.69. The van der Waals surface area contributed by atoms with E-state index in [0.717, 1.165) is 50.5 Å². The minimum Gasteiger partial charge on any atom is -0.357 e. The molecule has 2 aromatic rings. The fourth-order valence-electron chi connectivity index (χ4n) is 2.44. The number of para-hydroxylation sites is 2. The first-order valence-corrected chi connectivity index (χ1v) is 8.62. The number of aliphatic imine (C=N–C) groups is 1. The Morgan fingerprint density at radius 3 is 2.87 bits per heavy atom. The first-order valence-electron chi connectivity index (χ1n) is 8.62. The van der Waals surface area contributed by atoms with E-state index in [9.17, 15) is 0 Å². The number of imidazole rings is 1. The van der Waals surface area contributed by atoms with Crippen LogP contribution in [0, 0.1) is 5.92 Å². The minimum absolute atomic E-state index is 0.708. The summed E-state index contributed by atoms with van der Waals surface area (Å²) in [6.07, 6.45) is 4.08. The predicted octanol–water partition coefficient (Wildman–Crippen LogP) is 3.03. The number of nitrogens with one attached hydrogen (secondary N) is 2. The van der Waals surface area contributed by atoms with Crippen LogP contribution < -0.4 is 10.6 Å². The van der Waals surface area contributed by atoms with Crippen LogP contribution in [0.3, 0.4) is 0 Å². The summed E-state index contributed by atoms with van der Waals surface area (Å²) < 4.78 is 2.20. The molecule has 0 radical (unpaired) electrons. The normalized spacial score (nSPS) is 12.1. The van der Waals surface area contributed by atoms with Crippen molar-refractivity contribution in [3.8, 4) is 0 Å². The number of fused-ring (bicyclic) bond motifs is 1. The third kappa shape index (κ3) is 5.58. The molecule has 0 amide bonds. The molecule has 0 saturated heterocycles. The third-order valence-corrected chi connectivity index (χ3v) is 3.71. The minimum atomic E-state index is 0.708. The van der Waals surface area contributed by atoms with Crippen LogP contribution in [-0.2, 0) is 6.54 Å². The van der Waals surface area contributed by atoms with Crippen molar-refractivity contribution < 1.29 is 0 Å². The van der Waals surface area contributed by atoms with Crippen molar-refractivity contribution in [2.24, 2.45) is 10.9 Å². The van der Waals surface area contributed by atoms with Crippen molar-refractivity contribution in [2.45, 2.75) is 40.2 Å². The highest BCUT2D eigenvalue weighted by atomic mass is 15.2. The number of rotatable bonds is 8. The van der Waals surface area contributed by atoms with Crippen molar-refractivity contribution >= 4 is 17.0 Å². The summed E-state index contributed by atoms with van der Waals surface area (Å²) in [5.41, 5.74) is 2.25. The van der Waals surface area contributed by atoms with Gasteiger partial charge in [0, 0.05) is 26.2 Å². The van der Waals surface area contributed by atoms with Crippen LogP contribution in [0.4, 0.5) is 0 Å². The second kappa shape index (κ2) is 9.18. The highest BCUT2D eigenvalue weighted by molar-refractivity contribution is 5.79. The number of hydrogen-bond acceptors (Lipinski definition) is 2. The lowest BCUT2D eigenvalue weighted by atomic mass is 10.1. The van der Waals surface area contributed by atoms with Crippen LogP contribution >= 0.6 is 0 Å². The van der Waals surface area contributed by atoms with Gasteiger partial charge in [0.15, 0.2) is 5.96 Å². The van der Waals surface area contributed by atoms with E-state index in [0.29, 0.717) is 5.92 Å². The molecule has 1 aromatic heterocycles. The second-order valence-electron chi connectivity index (χ2n) is 6.15. The molecule has 0 spiro atoms. The largest absolute Gasteiger partial charge is 0.357 e. The quantitative estimate of drug-likeness (QED) is 0.447. The summed E-state index contributed by atoms with van der Waals surface area (Å²) in [5.74, 6) is 1.63. The van der Waals surface area contributed by atoms with E-state index in [1.54, 1.807) is 0 Å². The first-order chi connectivity index (χ1) is 11.2. The fourth-order valence-corrected chi connectivity index (χ4v) is 2.44. The Morgan fingerprint density at radius 1 is 1.26 bits per heavy atom. The summed E-state index contributed by atoms with van der Waals surface area (Å²) in [4.78, 5) is 9.07. The van der Waals surface area contributed by atoms with Gasteiger partial charge in [-0.2, -0.15) is 0 Å². The molecule has 2 rings (SSSR count). The lowest BCUT2D eigenvalue weighted by Crippen LogP contribution is -2.38. The Hall–Kier alpha value is -2.04. The van der Waals surface area contributed by atoms with E-state index in [1.807, 2.05) is 18.5 Å². The van der Waals surface area contributed by atoms with E-state index < -0.39 is 0 Å². The highest BCUT2D eigenvalue weighted by Gasteiger charge is 2.01. The Balaban J connectivity index is 1.81. The molecule has 0 atom stereocenters. The maximum Gasteiger partial charge on any atom is 0.191 e. The van der Waals surface area contributed by atoms with Gasteiger partial charge in [-0.25, -0.2) is 4.98 Å². The number of guanidine groups is 1. The van der Waals surface area contributed by atoms with E-state index in [1.165, 1.54) is 5.52 Å². The highest BCUT2D eigenvalue weighted by Crippen LogP contribution is 2.11. The van der Waals surface area contributed by atoms with Crippen molar-refractivity contribution in [3.05, 3.63) is 30.6 Å². The van der Waals surface area contributed by atoms with E-state index in [-0.39, 0.29) is 0 Å². The monoisotopic (exact) mass is 315 g/mol. The Labute approximate surface area is 139 Å². The third-order valence-electron chi connectivity index (χ3n) is 3.71.